The molecule has 0 saturated heterocycles. The minimum atomic E-state index is 0.121. The van der Waals surface area contributed by atoms with Crippen molar-refractivity contribution in [1.29, 1.82) is 0 Å². The van der Waals surface area contributed by atoms with Crippen molar-refractivity contribution >= 4 is 16.8 Å². The molecule has 0 radical (unpaired) electrons. The highest BCUT2D eigenvalue weighted by Crippen LogP contribution is 2.15. The van der Waals surface area contributed by atoms with E-state index in [0.29, 0.717) is 6.42 Å². The maximum atomic E-state index is 11.8. The summed E-state index contributed by atoms with van der Waals surface area (Å²) in [5.41, 5.74) is 0.978. The van der Waals surface area contributed by atoms with Gasteiger partial charge in [0, 0.05) is 18.0 Å². The van der Waals surface area contributed by atoms with Gasteiger partial charge in [-0.3, -0.25) is 9.36 Å². The molecule has 2 aromatic rings. The Morgan fingerprint density at radius 2 is 2.13 bits per heavy atom. The number of hydrogen-bond donors (Lipinski definition) is 0. The molecule has 2 rings (SSSR count). The molecule has 0 fully saturated rings. The second-order valence-electron chi connectivity index (χ2n) is 3.47. The third kappa shape index (κ3) is 1.84. The van der Waals surface area contributed by atoms with Crippen molar-refractivity contribution in [3.8, 4) is 0 Å². The molecule has 0 N–H and O–H groups in total. The topological polar surface area (TPSA) is 22.0 Å². The summed E-state index contributed by atoms with van der Waals surface area (Å²) in [6.07, 6.45) is 4.84. The fraction of sp³-hybridized carbons (Fsp3) is 0.154. The van der Waals surface area contributed by atoms with Crippen LogP contribution in [0.15, 0.2) is 49.2 Å². The molecule has 1 aromatic heterocycles. The standard InChI is InChI=1S/C13H13NO/c1-2-3-8-13(15)14-10-9-11-6-4-5-7-12(11)14/h2,4-7,9-10H,1,3,8H2. The molecule has 0 aliphatic rings. The monoisotopic (exact) mass is 199 g/mol. The van der Waals surface area contributed by atoms with Gasteiger partial charge in [-0.05, 0) is 18.6 Å². The number of allylic oxidation sites excluding steroid dienone is 1. The summed E-state index contributed by atoms with van der Waals surface area (Å²) < 4.78 is 1.71. The quantitative estimate of drug-likeness (QED) is 0.695. The molecule has 0 bridgehead atoms. The predicted molar refractivity (Wildman–Crippen MR) is 62.0 cm³/mol. The van der Waals surface area contributed by atoms with Gasteiger partial charge >= 0.3 is 0 Å². The second kappa shape index (κ2) is 4.13. The van der Waals surface area contributed by atoms with Crippen LogP contribution in [0.2, 0.25) is 0 Å². The molecule has 76 valence electrons. The summed E-state index contributed by atoms with van der Waals surface area (Å²) in [5, 5.41) is 1.10. The van der Waals surface area contributed by atoms with Crippen LogP contribution in [0.5, 0.6) is 0 Å². The summed E-state index contributed by atoms with van der Waals surface area (Å²) in [7, 11) is 0. The van der Waals surface area contributed by atoms with Gasteiger partial charge in [0.05, 0.1) is 5.52 Å². The molecule has 0 spiro atoms. The molecule has 0 atom stereocenters. The molecule has 2 heteroatoms. The van der Waals surface area contributed by atoms with Crippen LogP contribution in [0.3, 0.4) is 0 Å². The lowest BCUT2D eigenvalue weighted by Gasteiger charge is -2.01. The maximum absolute atomic E-state index is 11.8. The van der Waals surface area contributed by atoms with Gasteiger partial charge < -0.3 is 0 Å². The van der Waals surface area contributed by atoms with Gasteiger partial charge in [0.2, 0.25) is 5.91 Å². The zero-order valence-corrected chi connectivity index (χ0v) is 8.52. The van der Waals surface area contributed by atoms with E-state index in [1.807, 2.05) is 36.5 Å². The number of carbonyl (C=O) groups is 1. The number of aromatic nitrogens is 1. The first-order valence-electron chi connectivity index (χ1n) is 5.03. The summed E-state index contributed by atoms with van der Waals surface area (Å²) in [4.78, 5) is 11.8. The smallest absolute Gasteiger partial charge is 0.231 e. The maximum Gasteiger partial charge on any atom is 0.231 e. The van der Waals surface area contributed by atoms with Crippen LogP contribution in [0.1, 0.15) is 17.6 Å². The fourth-order valence-corrected chi connectivity index (χ4v) is 1.65. The minimum Gasteiger partial charge on any atom is -0.287 e. The number of carbonyl (C=O) groups excluding carboxylic acids is 1. The zero-order chi connectivity index (χ0) is 10.7. The second-order valence-corrected chi connectivity index (χ2v) is 3.47. The normalized spacial score (nSPS) is 10.4. The summed E-state index contributed by atoms with van der Waals surface area (Å²) in [6, 6.07) is 9.84. The summed E-state index contributed by atoms with van der Waals surface area (Å²) in [6.45, 7) is 3.61. The van der Waals surface area contributed by atoms with E-state index in [4.69, 9.17) is 0 Å². The predicted octanol–water partition coefficient (Wildman–Crippen LogP) is 3.25. The van der Waals surface area contributed by atoms with Crippen molar-refractivity contribution < 1.29 is 4.79 Å². The minimum absolute atomic E-state index is 0.121. The van der Waals surface area contributed by atoms with Crippen molar-refractivity contribution in [3.63, 3.8) is 0 Å². The lowest BCUT2D eigenvalue weighted by atomic mass is 10.2. The number of rotatable bonds is 3. The summed E-state index contributed by atoms with van der Waals surface area (Å²) >= 11 is 0. The van der Waals surface area contributed by atoms with Gasteiger partial charge in [0.1, 0.15) is 0 Å². The van der Waals surface area contributed by atoms with E-state index in [-0.39, 0.29) is 5.91 Å². The Labute approximate surface area is 88.8 Å². The van der Waals surface area contributed by atoms with E-state index in [1.54, 1.807) is 10.6 Å². The molecule has 1 heterocycles. The first-order valence-corrected chi connectivity index (χ1v) is 5.03. The van der Waals surface area contributed by atoms with Crippen molar-refractivity contribution in [1.82, 2.24) is 4.57 Å². The van der Waals surface area contributed by atoms with Crippen molar-refractivity contribution in [2.24, 2.45) is 0 Å². The van der Waals surface area contributed by atoms with Gasteiger partial charge in [0.15, 0.2) is 0 Å². The average Bonchev–Trinajstić information content (AvgIpc) is 2.69. The fourth-order valence-electron chi connectivity index (χ4n) is 1.65. The SMILES string of the molecule is C=CCCC(=O)n1ccc2ccccc21. The number of hydrogen-bond acceptors (Lipinski definition) is 1. The van der Waals surface area contributed by atoms with Crippen LogP contribution in [0, 0.1) is 0 Å². The van der Waals surface area contributed by atoms with E-state index < -0.39 is 0 Å². The Hall–Kier alpha value is -1.83. The van der Waals surface area contributed by atoms with Crippen LogP contribution in [-0.2, 0) is 0 Å². The molecule has 0 aliphatic heterocycles. The van der Waals surface area contributed by atoms with Crippen LogP contribution < -0.4 is 0 Å². The molecule has 0 unspecified atom stereocenters. The molecular weight excluding hydrogens is 186 g/mol. The number of para-hydroxylation sites is 1. The van der Waals surface area contributed by atoms with Gasteiger partial charge in [-0.15, -0.1) is 6.58 Å². The van der Waals surface area contributed by atoms with E-state index in [0.717, 1.165) is 17.3 Å². The number of nitrogens with zero attached hydrogens (tertiary/aromatic N) is 1. The lowest BCUT2D eigenvalue weighted by Crippen LogP contribution is -2.07. The highest BCUT2D eigenvalue weighted by Gasteiger charge is 2.06. The van der Waals surface area contributed by atoms with Gasteiger partial charge in [-0.25, -0.2) is 0 Å². The molecule has 0 aliphatic carbocycles. The molecule has 15 heavy (non-hydrogen) atoms. The van der Waals surface area contributed by atoms with Gasteiger partial charge in [-0.1, -0.05) is 24.3 Å². The van der Waals surface area contributed by atoms with Crippen LogP contribution in [0.4, 0.5) is 0 Å². The Morgan fingerprint density at radius 1 is 1.33 bits per heavy atom. The van der Waals surface area contributed by atoms with Crippen LogP contribution in [0.25, 0.3) is 10.9 Å². The third-order valence-corrected chi connectivity index (χ3v) is 2.43. The van der Waals surface area contributed by atoms with E-state index in [1.165, 1.54) is 0 Å². The van der Waals surface area contributed by atoms with Crippen molar-refractivity contribution in [3.05, 3.63) is 49.2 Å². The number of benzene rings is 1. The van der Waals surface area contributed by atoms with E-state index >= 15 is 0 Å². The molecule has 1 aromatic carbocycles. The first-order chi connectivity index (χ1) is 7.33. The molecular formula is C13H13NO. The zero-order valence-electron chi connectivity index (χ0n) is 8.52. The number of fused-ring (bicyclic) bond motifs is 1. The molecule has 0 saturated carbocycles. The van der Waals surface area contributed by atoms with Crippen LogP contribution >= 0.6 is 0 Å². The average molecular weight is 199 g/mol. The van der Waals surface area contributed by atoms with E-state index in [9.17, 15) is 4.79 Å². The van der Waals surface area contributed by atoms with Crippen LogP contribution in [-0.4, -0.2) is 10.5 Å². The largest absolute Gasteiger partial charge is 0.287 e. The first kappa shape index (κ1) is 9.71. The Kier molecular flexibility index (Phi) is 2.68. The third-order valence-electron chi connectivity index (χ3n) is 2.43. The Morgan fingerprint density at radius 3 is 2.93 bits per heavy atom. The summed E-state index contributed by atoms with van der Waals surface area (Å²) in [5.74, 6) is 0.121. The highest BCUT2D eigenvalue weighted by molar-refractivity contribution is 5.92. The Balaban J connectivity index is 2.35. The Bertz CT molecular complexity index is 496. The highest BCUT2D eigenvalue weighted by atomic mass is 16.1. The molecule has 0 amide bonds. The molecule has 2 nitrogen and oxygen atoms in total. The van der Waals surface area contributed by atoms with Gasteiger partial charge in [-0.2, -0.15) is 0 Å². The van der Waals surface area contributed by atoms with Crippen molar-refractivity contribution in [2.45, 2.75) is 12.8 Å². The lowest BCUT2D eigenvalue weighted by molar-refractivity contribution is 0.0909. The van der Waals surface area contributed by atoms with Gasteiger partial charge in [0.25, 0.3) is 0 Å². The van der Waals surface area contributed by atoms with E-state index in [2.05, 4.69) is 6.58 Å². The van der Waals surface area contributed by atoms with Crippen molar-refractivity contribution in [2.75, 3.05) is 0 Å².